The van der Waals surface area contributed by atoms with Gasteiger partial charge in [0.2, 0.25) is 0 Å². The predicted molar refractivity (Wildman–Crippen MR) is 262 cm³/mol. The minimum absolute atomic E-state index is 0.505. The Kier molecular flexibility index (Phi) is 13.2. The van der Waals surface area contributed by atoms with E-state index in [-0.39, 0.29) is 0 Å². The maximum absolute atomic E-state index is 4.93. The van der Waals surface area contributed by atoms with E-state index < -0.39 is 20.8 Å². The molecule has 6 aromatic carbocycles. The van der Waals surface area contributed by atoms with Gasteiger partial charge in [0.1, 0.15) is 0 Å². The van der Waals surface area contributed by atoms with Gasteiger partial charge in [-0.1, -0.05) is 110 Å². The van der Waals surface area contributed by atoms with Crippen LogP contribution in [0.25, 0.3) is 43.8 Å². The molecule has 4 heteroatoms. The second-order valence-electron chi connectivity index (χ2n) is 21.0. The Hall–Kier alpha value is -2.22. The van der Waals surface area contributed by atoms with Crippen molar-refractivity contribution in [3.05, 3.63) is 130 Å². The number of aryl methyl sites for hydroxylation is 4. The summed E-state index contributed by atoms with van der Waals surface area (Å²) in [7, 11) is 11.0. The average molecular weight is 941 g/mol. The fourth-order valence-corrected chi connectivity index (χ4v) is 14.8. The summed E-state index contributed by atoms with van der Waals surface area (Å²) in [6.07, 6.45) is 19.0. The average Bonchev–Trinajstić information content (AvgIpc) is 3.82. The SMILES string of the molecule is CCc1cc2c(-c3ccc(C45CC6CC(CC(C6)C4)C5)cc3)cc(C)cc2[cH-]1.C[Si]C.Cc1cc(-c2ccc(C34CC5CC(CC(C5)C3)C4)cc2)c2cc(C)[cH-]c2c1.[Cl][Zr+2][Cl]. The van der Waals surface area contributed by atoms with E-state index >= 15 is 0 Å². The van der Waals surface area contributed by atoms with E-state index in [1.54, 1.807) is 11.1 Å². The molecule has 0 nitrogen and oxygen atoms in total. The number of hydrogen-bond donors (Lipinski definition) is 0. The van der Waals surface area contributed by atoms with Gasteiger partial charge in [0.05, 0.1) is 0 Å². The van der Waals surface area contributed by atoms with E-state index in [1.165, 1.54) is 143 Å². The molecule has 316 valence electrons. The first kappa shape index (κ1) is 44.0. The standard InChI is InChI=1S/C28H31.C27H29.C2H6Si.2ClH.Zr/c1-3-19-13-24-8-18(2)9-26(27(24)14-19)23-4-6-25(7-5-23)28-15-20-10-21(16-28)12-22(11-20)17-28;1-17-7-23-8-18(2)10-26(23)25(9-17)22-3-5-24(6-4-22)27-14-19-11-20(15-27)13-21(12-19)16-27;1-3-2;;;/h4-9,13-14,20-22H,3,10-12,15-17H2,1-2H3;3-10,19-21H,11-16H2,1-2H3;1-2H3;2*1H;/q2*-1;;;;+4/p-2. The van der Waals surface area contributed by atoms with E-state index in [2.05, 4.69) is 138 Å². The summed E-state index contributed by atoms with van der Waals surface area (Å²) in [6.45, 7) is 13.2. The second kappa shape index (κ2) is 18.3. The third-order valence-corrected chi connectivity index (χ3v) is 16.2. The summed E-state index contributed by atoms with van der Waals surface area (Å²) in [5.74, 6) is 6.08. The molecule has 0 aromatic heterocycles. The fourth-order valence-electron chi connectivity index (χ4n) is 14.8. The van der Waals surface area contributed by atoms with Gasteiger partial charge in [-0.2, -0.15) is 12.1 Å². The Morgan fingerprint density at radius 2 is 0.885 bits per heavy atom. The molecule has 2 radical (unpaired) electrons. The molecule has 0 atom stereocenters. The van der Waals surface area contributed by atoms with Crippen molar-refractivity contribution in [2.24, 2.45) is 35.5 Å². The maximum atomic E-state index is 4.93. The molecule has 0 aliphatic heterocycles. The van der Waals surface area contributed by atoms with Crippen LogP contribution in [0.5, 0.6) is 0 Å². The molecule has 0 saturated heterocycles. The van der Waals surface area contributed by atoms with Gasteiger partial charge in [-0.3, -0.25) is 0 Å². The molecule has 8 saturated carbocycles. The molecule has 0 heterocycles. The Morgan fingerprint density at radius 3 is 1.25 bits per heavy atom. The van der Waals surface area contributed by atoms with Crippen LogP contribution in [0, 0.1) is 56.3 Å². The van der Waals surface area contributed by atoms with Crippen LogP contribution in [0.2, 0.25) is 13.1 Å². The summed E-state index contributed by atoms with van der Waals surface area (Å²) in [6, 6.07) is 38.4. The summed E-state index contributed by atoms with van der Waals surface area (Å²) in [5.41, 5.74) is 15.4. The first-order valence-corrected chi connectivity index (χ1v) is 32.0. The normalized spacial score (nSPS) is 28.7. The van der Waals surface area contributed by atoms with Gasteiger partial charge in [-0.05, 0) is 166 Å². The molecule has 0 unspecified atom stereocenters. The molecular weight excluding hydrogens is 875 g/mol. The Balaban J connectivity index is 0.000000139. The molecule has 8 fully saturated rings. The first-order chi connectivity index (χ1) is 29.5. The van der Waals surface area contributed by atoms with Crippen LogP contribution in [-0.4, -0.2) is 9.52 Å². The van der Waals surface area contributed by atoms with Crippen LogP contribution < -0.4 is 0 Å². The molecule has 0 N–H and O–H groups in total. The van der Waals surface area contributed by atoms with E-state index in [4.69, 9.17) is 17.0 Å². The first-order valence-electron chi connectivity index (χ1n) is 23.7. The zero-order valence-electron chi connectivity index (χ0n) is 37.7. The number of fused-ring (bicyclic) bond motifs is 2. The number of hydrogen-bond acceptors (Lipinski definition) is 0. The topological polar surface area (TPSA) is 0 Å². The van der Waals surface area contributed by atoms with Gasteiger partial charge in [-0.25, -0.2) is 0 Å². The van der Waals surface area contributed by atoms with E-state index in [1.807, 2.05) is 0 Å². The summed E-state index contributed by atoms with van der Waals surface area (Å²) >= 11 is -0.826. The van der Waals surface area contributed by atoms with Crippen molar-refractivity contribution in [1.29, 1.82) is 0 Å². The second-order valence-corrected chi connectivity index (χ2v) is 25.7. The van der Waals surface area contributed by atoms with Crippen molar-refractivity contribution >= 4 is 48.1 Å². The summed E-state index contributed by atoms with van der Waals surface area (Å²) < 4.78 is 0. The van der Waals surface area contributed by atoms with Crippen molar-refractivity contribution < 1.29 is 20.8 Å². The van der Waals surface area contributed by atoms with Crippen LogP contribution in [0.1, 0.15) is 117 Å². The van der Waals surface area contributed by atoms with Crippen molar-refractivity contribution in [3.63, 3.8) is 0 Å². The predicted octanol–water partition coefficient (Wildman–Crippen LogP) is 17.0. The van der Waals surface area contributed by atoms with Gasteiger partial charge in [0.25, 0.3) is 0 Å². The van der Waals surface area contributed by atoms with E-state index in [0.29, 0.717) is 10.8 Å². The van der Waals surface area contributed by atoms with Crippen LogP contribution >= 0.6 is 17.0 Å². The molecule has 14 rings (SSSR count). The van der Waals surface area contributed by atoms with Crippen LogP contribution in [0.3, 0.4) is 0 Å². The van der Waals surface area contributed by atoms with Crippen molar-refractivity contribution in [2.45, 2.75) is 135 Å². The Morgan fingerprint density at radius 1 is 0.541 bits per heavy atom. The monoisotopic (exact) mass is 938 g/mol. The zero-order valence-corrected chi connectivity index (χ0v) is 42.6. The summed E-state index contributed by atoms with van der Waals surface area (Å²) in [4.78, 5) is 0. The molecular formula is C57H66Cl2SiZr. The number of halogens is 2. The number of benzene rings is 4. The van der Waals surface area contributed by atoms with Crippen LogP contribution in [0.15, 0.2) is 97.1 Å². The van der Waals surface area contributed by atoms with Gasteiger partial charge in [0, 0.05) is 9.52 Å². The third kappa shape index (κ3) is 8.94. The molecule has 8 bridgehead atoms. The minimum atomic E-state index is -0.826. The zero-order chi connectivity index (χ0) is 42.5. The number of rotatable bonds is 5. The molecule has 0 spiro atoms. The van der Waals surface area contributed by atoms with Crippen molar-refractivity contribution in [2.75, 3.05) is 0 Å². The molecule has 8 aliphatic carbocycles. The Labute approximate surface area is 389 Å². The molecule has 0 amide bonds. The van der Waals surface area contributed by atoms with Crippen LogP contribution in [-0.2, 0) is 38.1 Å². The molecule has 8 aliphatic rings. The molecule has 6 aromatic rings. The van der Waals surface area contributed by atoms with E-state index in [9.17, 15) is 0 Å². The van der Waals surface area contributed by atoms with E-state index in [0.717, 1.165) is 51.4 Å². The van der Waals surface area contributed by atoms with Gasteiger partial charge >= 0.3 is 37.9 Å². The Bertz CT molecular complexity index is 2380. The third-order valence-electron chi connectivity index (χ3n) is 16.2. The van der Waals surface area contributed by atoms with Crippen LogP contribution in [0.4, 0.5) is 0 Å². The molecule has 61 heavy (non-hydrogen) atoms. The summed E-state index contributed by atoms with van der Waals surface area (Å²) in [5, 5.41) is 5.61. The van der Waals surface area contributed by atoms with Crippen molar-refractivity contribution in [1.82, 2.24) is 0 Å². The fraction of sp³-hybridized carbons (Fsp3) is 0.474. The van der Waals surface area contributed by atoms with Crippen molar-refractivity contribution in [3.8, 4) is 22.3 Å². The van der Waals surface area contributed by atoms with Gasteiger partial charge in [-0.15, -0.1) is 56.9 Å². The van der Waals surface area contributed by atoms with Gasteiger partial charge < -0.3 is 0 Å². The quantitative estimate of drug-likeness (QED) is 0.119. The van der Waals surface area contributed by atoms with Gasteiger partial charge in [0.15, 0.2) is 0 Å².